The number of carbonyl (C=O) groups is 2. The molecule has 1 aliphatic heterocycles. The standard InChI is InChI=1S/C20H20F4N6O3/c1-10(20(22,23)24)16-13(8-25)15(6-7-29(16)19(32)33)30-9-14(17(26)31)18(28-30)27-12-4-2-11(21)3-5-12/h2-5,9-10,13,15-16H,6-7H2,1H3,(H2,26,31)(H,27,28)(H,32,33)/p-1/t10?,13-,15-,16?/m0/s1. The van der Waals surface area contributed by atoms with Gasteiger partial charge in [0, 0.05) is 18.4 Å². The average Bonchev–Trinajstić information content (AvgIpc) is 3.16. The molecular weight excluding hydrogens is 448 g/mol. The Balaban J connectivity index is 2.00. The molecule has 3 rings (SSSR count). The molecule has 0 aliphatic carbocycles. The summed E-state index contributed by atoms with van der Waals surface area (Å²) in [6.07, 6.45) is -5.45. The first-order valence-electron chi connectivity index (χ1n) is 9.79. The number of carboxylic acid groups (broad SMARTS) is 1. The highest BCUT2D eigenvalue weighted by molar-refractivity contribution is 5.98. The van der Waals surface area contributed by atoms with Crippen molar-refractivity contribution >= 4 is 23.5 Å². The van der Waals surface area contributed by atoms with E-state index >= 15 is 0 Å². The van der Waals surface area contributed by atoms with Crippen LogP contribution in [0, 0.1) is 29.0 Å². The van der Waals surface area contributed by atoms with Gasteiger partial charge in [-0.05, 0) is 30.7 Å². The number of rotatable bonds is 5. The molecule has 0 bridgehead atoms. The Morgan fingerprint density at radius 2 is 1.97 bits per heavy atom. The number of hydrogen-bond donors (Lipinski definition) is 2. The van der Waals surface area contributed by atoms with Gasteiger partial charge in [-0.3, -0.25) is 9.48 Å². The first kappa shape index (κ1) is 23.8. The van der Waals surface area contributed by atoms with E-state index < -0.39 is 47.9 Å². The molecule has 0 spiro atoms. The maximum atomic E-state index is 13.5. The van der Waals surface area contributed by atoms with E-state index in [0.29, 0.717) is 10.6 Å². The summed E-state index contributed by atoms with van der Waals surface area (Å²) in [7, 11) is 0. The Morgan fingerprint density at radius 3 is 2.48 bits per heavy atom. The third kappa shape index (κ3) is 4.84. The maximum absolute atomic E-state index is 13.5. The monoisotopic (exact) mass is 467 g/mol. The number of aromatic nitrogens is 2. The van der Waals surface area contributed by atoms with Crippen LogP contribution in [-0.2, 0) is 0 Å². The van der Waals surface area contributed by atoms with Crippen LogP contribution in [-0.4, -0.2) is 45.4 Å². The number of hydrogen-bond acceptors (Lipinski definition) is 6. The van der Waals surface area contributed by atoms with E-state index in [0.717, 1.165) is 23.7 Å². The molecule has 176 valence electrons. The van der Waals surface area contributed by atoms with Gasteiger partial charge in [-0.2, -0.15) is 23.5 Å². The topological polar surface area (TPSA) is 140 Å². The first-order chi connectivity index (χ1) is 15.4. The third-order valence-corrected chi connectivity index (χ3v) is 5.66. The van der Waals surface area contributed by atoms with Crippen molar-refractivity contribution in [2.45, 2.75) is 31.6 Å². The minimum atomic E-state index is -4.77. The van der Waals surface area contributed by atoms with Crippen LogP contribution in [0.3, 0.4) is 0 Å². The Labute approximate surface area is 185 Å². The number of nitrogens with one attached hydrogen (secondary N) is 1. The van der Waals surface area contributed by atoms with Gasteiger partial charge in [-0.15, -0.1) is 0 Å². The number of primary amides is 1. The molecule has 13 heteroatoms. The molecule has 2 aromatic rings. The summed E-state index contributed by atoms with van der Waals surface area (Å²) in [5.74, 6) is -5.05. The number of carbonyl (C=O) groups excluding carboxylic acids is 2. The lowest BCUT2D eigenvalue weighted by molar-refractivity contribution is -0.276. The molecule has 3 N–H and O–H groups in total. The predicted molar refractivity (Wildman–Crippen MR) is 104 cm³/mol. The highest BCUT2D eigenvalue weighted by Crippen LogP contribution is 2.41. The van der Waals surface area contributed by atoms with E-state index in [1.54, 1.807) is 6.07 Å². The molecule has 4 atom stereocenters. The molecule has 1 saturated heterocycles. The fourth-order valence-corrected chi connectivity index (χ4v) is 3.97. The van der Waals surface area contributed by atoms with Gasteiger partial charge in [0.1, 0.15) is 17.5 Å². The number of amides is 2. The fourth-order valence-electron chi connectivity index (χ4n) is 3.97. The molecule has 2 amide bonds. The summed E-state index contributed by atoms with van der Waals surface area (Å²) in [6.45, 7) is 0.468. The van der Waals surface area contributed by atoms with E-state index in [-0.39, 0.29) is 24.3 Å². The van der Waals surface area contributed by atoms with Gasteiger partial charge in [0.25, 0.3) is 5.91 Å². The molecule has 1 aromatic carbocycles. The lowest BCUT2D eigenvalue weighted by Gasteiger charge is -2.46. The molecule has 33 heavy (non-hydrogen) atoms. The van der Waals surface area contributed by atoms with Crippen LogP contribution in [0.1, 0.15) is 29.7 Å². The van der Waals surface area contributed by atoms with Crippen molar-refractivity contribution in [1.29, 1.82) is 5.26 Å². The van der Waals surface area contributed by atoms with E-state index in [1.807, 2.05) is 0 Å². The van der Waals surface area contributed by atoms with Gasteiger partial charge >= 0.3 is 6.18 Å². The molecule has 2 heterocycles. The number of nitriles is 1. The second kappa shape index (κ2) is 8.97. The number of likely N-dealkylation sites (tertiary alicyclic amines) is 1. The predicted octanol–water partition coefficient (Wildman–Crippen LogP) is 2.16. The quantitative estimate of drug-likeness (QED) is 0.646. The molecule has 1 aliphatic rings. The zero-order chi connectivity index (χ0) is 24.5. The lowest BCUT2D eigenvalue weighted by atomic mass is 9.79. The van der Waals surface area contributed by atoms with E-state index in [1.165, 1.54) is 18.3 Å². The van der Waals surface area contributed by atoms with Gasteiger partial charge < -0.3 is 25.9 Å². The minimum Gasteiger partial charge on any atom is -0.530 e. The third-order valence-electron chi connectivity index (χ3n) is 5.66. The average molecular weight is 467 g/mol. The summed E-state index contributed by atoms with van der Waals surface area (Å²) >= 11 is 0. The van der Waals surface area contributed by atoms with Crippen LogP contribution in [0.25, 0.3) is 0 Å². The molecule has 2 unspecified atom stereocenters. The van der Waals surface area contributed by atoms with Crippen LogP contribution in [0.2, 0.25) is 0 Å². The van der Waals surface area contributed by atoms with Crippen molar-refractivity contribution in [3.05, 3.63) is 41.8 Å². The number of piperidine rings is 1. The molecule has 0 radical (unpaired) electrons. The fraction of sp³-hybridized carbons (Fsp3) is 0.400. The molecule has 9 nitrogen and oxygen atoms in total. The highest BCUT2D eigenvalue weighted by Gasteiger charge is 2.51. The van der Waals surface area contributed by atoms with Crippen molar-refractivity contribution in [3.8, 4) is 6.07 Å². The van der Waals surface area contributed by atoms with E-state index in [4.69, 9.17) is 5.73 Å². The zero-order valence-corrected chi connectivity index (χ0v) is 17.2. The Morgan fingerprint density at radius 1 is 1.33 bits per heavy atom. The number of anilines is 2. The Bertz CT molecular complexity index is 1080. The summed E-state index contributed by atoms with van der Waals surface area (Å²) in [6, 6.07) is 4.12. The summed E-state index contributed by atoms with van der Waals surface area (Å²) in [4.78, 5) is 23.9. The SMILES string of the molecule is CC(C1[C@@H](C#N)[C@@H](n2cc(C(N)=O)c(Nc3ccc(F)cc3)n2)CCN1C(=O)[O-])C(F)(F)F. The zero-order valence-electron chi connectivity index (χ0n) is 17.2. The van der Waals surface area contributed by atoms with Crippen LogP contribution in [0.4, 0.5) is 33.9 Å². The molecule has 0 saturated carbocycles. The summed E-state index contributed by atoms with van der Waals surface area (Å²) in [5, 5.41) is 28.2. The highest BCUT2D eigenvalue weighted by atomic mass is 19.4. The second-order valence-corrected chi connectivity index (χ2v) is 7.66. The van der Waals surface area contributed by atoms with Crippen molar-refractivity contribution in [2.75, 3.05) is 11.9 Å². The molecule has 1 fully saturated rings. The van der Waals surface area contributed by atoms with Gasteiger partial charge in [0.15, 0.2) is 5.82 Å². The Kier molecular flexibility index (Phi) is 6.48. The van der Waals surface area contributed by atoms with E-state index in [9.17, 15) is 37.5 Å². The van der Waals surface area contributed by atoms with Gasteiger partial charge in [-0.1, -0.05) is 6.92 Å². The van der Waals surface area contributed by atoms with E-state index in [2.05, 4.69) is 10.4 Å². The van der Waals surface area contributed by atoms with Gasteiger partial charge in [-0.25, -0.2) is 4.39 Å². The van der Waals surface area contributed by atoms with Crippen molar-refractivity contribution < 1.29 is 32.3 Å². The van der Waals surface area contributed by atoms with Crippen molar-refractivity contribution in [2.24, 2.45) is 17.6 Å². The second-order valence-electron chi connectivity index (χ2n) is 7.66. The van der Waals surface area contributed by atoms with Crippen LogP contribution in [0.15, 0.2) is 30.5 Å². The lowest BCUT2D eigenvalue weighted by Crippen LogP contribution is -2.59. The number of alkyl halides is 3. The largest absolute Gasteiger partial charge is 0.530 e. The van der Waals surface area contributed by atoms with Crippen LogP contribution < -0.4 is 16.2 Å². The van der Waals surface area contributed by atoms with Gasteiger partial charge in [0.2, 0.25) is 0 Å². The maximum Gasteiger partial charge on any atom is 0.393 e. The smallest absolute Gasteiger partial charge is 0.393 e. The number of benzene rings is 1. The van der Waals surface area contributed by atoms with Gasteiger partial charge in [0.05, 0.1) is 30.0 Å². The first-order valence-corrected chi connectivity index (χ1v) is 9.79. The summed E-state index contributed by atoms with van der Waals surface area (Å²) < 4.78 is 54.7. The van der Waals surface area contributed by atoms with Crippen LogP contribution in [0.5, 0.6) is 0 Å². The minimum absolute atomic E-state index is 0.0476. The van der Waals surface area contributed by atoms with Crippen LogP contribution >= 0.6 is 0 Å². The molecular formula is C20H19F4N6O3-. The number of halogens is 4. The summed E-state index contributed by atoms with van der Waals surface area (Å²) in [5.41, 5.74) is 5.64. The normalized spacial score (nSPS) is 21.8. The molecule has 1 aromatic heterocycles. The van der Waals surface area contributed by atoms with Crippen molar-refractivity contribution in [1.82, 2.24) is 14.7 Å². The number of nitrogens with two attached hydrogens (primary N) is 1. The Hall–Kier alpha value is -3.82. The number of nitrogens with zero attached hydrogens (tertiary/aromatic N) is 4. The van der Waals surface area contributed by atoms with Crippen molar-refractivity contribution in [3.63, 3.8) is 0 Å².